The summed E-state index contributed by atoms with van der Waals surface area (Å²) in [7, 11) is 0. The van der Waals surface area contributed by atoms with Gasteiger partial charge in [-0.15, -0.1) is 0 Å². The molecule has 0 aromatic heterocycles. The summed E-state index contributed by atoms with van der Waals surface area (Å²) in [4.78, 5) is 10.0. The minimum absolute atomic E-state index is 0. The average Bonchev–Trinajstić information content (AvgIpc) is 2.02. The molecule has 0 saturated heterocycles. The molecular formula is C10H19KO2. The zero-order valence-corrected chi connectivity index (χ0v) is 12.1. The molecule has 0 amide bonds. The maximum atomic E-state index is 10.0. The second kappa shape index (κ2) is 13.1. The van der Waals surface area contributed by atoms with Crippen LogP contribution in [0.1, 0.15) is 58.3 Å². The van der Waals surface area contributed by atoms with Crippen LogP contribution in [-0.2, 0) is 4.79 Å². The van der Waals surface area contributed by atoms with E-state index in [1.807, 2.05) is 0 Å². The number of aliphatic carboxylic acids is 1. The molecule has 2 nitrogen and oxygen atoms in total. The monoisotopic (exact) mass is 210 g/mol. The Labute approximate surface area is 124 Å². The number of hydrogen-bond acceptors (Lipinski definition) is 2. The molecule has 0 spiro atoms. The summed E-state index contributed by atoms with van der Waals surface area (Å²) in [5.74, 6) is -0.913. The second-order valence-electron chi connectivity index (χ2n) is 3.24. The van der Waals surface area contributed by atoms with Crippen LogP contribution in [0.25, 0.3) is 0 Å². The number of hydrogen-bond donors (Lipinski definition) is 0. The molecular weight excluding hydrogens is 191 g/mol. The summed E-state index contributed by atoms with van der Waals surface area (Å²) in [6.07, 6.45) is 8.34. The standard InChI is InChI=1S/C10H20O2.K/c1-2-3-4-5-6-7-8-9-10(11)12;/h2-9H2,1H3,(H,11,12);/q;+1/p-1. The molecule has 0 unspecified atom stereocenters. The number of carbonyl (C=O) groups excluding carboxylic acids is 1. The van der Waals surface area contributed by atoms with E-state index in [4.69, 9.17) is 0 Å². The van der Waals surface area contributed by atoms with Gasteiger partial charge in [0.15, 0.2) is 0 Å². The molecule has 0 atom stereocenters. The van der Waals surface area contributed by atoms with Gasteiger partial charge in [-0.1, -0.05) is 45.4 Å². The first-order chi connectivity index (χ1) is 5.77. The van der Waals surface area contributed by atoms with Crippen LogP contribution in [0.2, 0.25) is 0 Å². The van der Waals surface area contributed by atoms with Crippen molar-refractivity contribution in [1.82, 2.24) is 0 Å². The molecule has 0 aromatic rings. The first kappa shape index (κ1) is 16.5. The molecule has 0 heterocycles. The Morgan fingerprint density at radius 3 is 1.92 bits per heavy atom. The molecule has 0 aliphatic carbocycles. The third kappa shape index (κ3) is 15.8. The molecule has 0 saturated carbocycles. The Bertz CT molecular complexity index is 115. The molecule has 0 N–H and O–H groups in total. The van der Waals surface area contributed by atoms with Crippen molar-refractivity contribution >= 4 is 5.97 Å². The van der Waals surface area contributed by atoms with Crippen LogP contribution < -0.4 is 56.5 Å². The fourth-order valence-electron chi connectivity index (χ4n) is 1.23. The maximum absolute atomic E-state index is 10.0. The summed E-state index contributed by atoms with van der Waals surface area (Å²) in [5, 5.41) is 10.0. The topological polar surface area (TPSA) is 40.1 Å². The van der Waals surface area contributed by atoms with E-state index < -0.39 is 5.97 Å². The van der Waals surface area contributed by atoms with Gasteiger partial charge in [-0.05, 0) is 12.8 Å². The zero-order chi connectivity index (χ0) is 9.23. The van der Waals surface area contributed by atoms with Gasteiger partial charge in [-0.3, -0.25) is 0 Å². The van der Waals surface area contributed by atoms with E-state index in [1.165, 1.54) is 32.1 Å². The Morgan fingerprint density at radius 2 is 1.46 bits per heavy atom. The Kier molecular flexibility index (Phi) is 16.7. The molecule has 0 fully saturated rings. The summed E-state index contributed by atoms with van der Waals surface area (Å²) in [6, 6.07) is 0. The van der Waals surface area contributed by atoms with Crippen molar-refractivity contribution in [3.63, 3.8) is 0 Å². The summed E-state index contributed by atoms with van der Waals surface area (Å²) < 4.78 is 0. The molecule has 72 valence electrons. The smallest absolute Gasteiger partial charge is 0.550 e. The predicted molar refractivity (Wildman–Crippen MR) is 47.6 cm³/mol. The van der Waals surface area contributed by atoms with Crippen molar-refractivity contribution in [1.29, 1.82) is 0 Å². The zero-order valence-electron chi connectivity index (χ0n) is 8.97. The molecule has 0 rings (SSSR count). The van der Waals surface area contributed by atoms with Crippen molar-refractivity contribution in [2.45, 2.75) is 58.3 Å². The number of carbonyl (C=O) groups is 1. The summed E-state index contributed by atoms with van der Waals surface area (Å²) >= 11 is 0. The molecule has 0 radical (unpaired) electrons. The Hall–Kier alpha value is 1.11. The Balaban J connectivity index is 0. The number of carboxylic acid groups (broad SMARTS) is 1. The normalized spacial score (nSPS) is 9.31. The minimum atomic E-state index is -0.913. The van der Waals surface area contributed by atoms with Gasteiger partial charge in [0.25, 0.3) is 0 Å². The van der Waals surface area contributed by atoms with Crippen LogP contribution in [-0.4, -0.2) is 5.97 Å². The van der Waals surface area contributed by atoms with E-state index in [-0.39, 0.29) is 57.8 Å². The third-order valence-electron chi connectivity index (χ3n) is 1.98. The number of carboxylic acids is 1. The molecule has 3 heteroatoms. The van der Waals surface area contributed by atoms with Gasteiger partial charge in [0, 0.05) is 5.97 Å². The summed E-state index contributed by atoms with van der Waals surface area (Å²) in [6.45, 7) is 2.19. The van der Waals surface area contributed by atoms with E-state index in [9.17, 15) is 9.90 Å². The van der Waals surface area contributed by atoms with E-state index in [1.54, 1.807) is 0 Å². The first-order valence-electron chi connectivity index (χ1n) is 4.97. The van der Waals surface area contributed by atoms with Crippen LogP contribution in [0.3, 0.4) is 0 Å². The van der Waals surface area contributed by atoms with Gasteiger partial charge >= 0.3 is 51.4 Å². The molecule has 0 bridgehead atoms. The van der Waals surface area contributed by atoms with Crippen LogP contribution in [0.4, 0.5) is 0 Å². The largest absolute Gasteiger partial charge is 1.00 e. The van der Waals surface area contributed by atoms with Crippen LogP contribution in [0.5, 0.6) is 0 Å². The SMILES string of the molecule is CCCCCCCCCC(=O)[O-].[K+]. The summed E-state index contributed by atoms with van der Waals surface area (Å²) in [5.41, 5.74) is 0. The minimum Gasteiger partial charge on any atom is -0.550 e. The predicted octanol–water partition coefficient (Wildman–Crippen LogP) is -1.12. The van der Waals surface area contributed by atoms with Gasteiger partial charge in [-0.25, -0.2) is 0 Å². The molecule has 0 aliphatic heterocycles. The molecule has 13 heavy (non-hydrogen) atoms. The first-order valence-corrected chi connectivity index (χ1v) is 4.97. The van der Waals surface area contributed by atoms with E-state index >= 15 is 0 Å². The van der Waals surface area contributed by atoms with Crippen molar-refractivity contribution in [2.24, 2.45) is 0 Å². The van der Waals surface area contributed by atoms with E-state index in [0.717, 1.165) is 12.8 Å². The van der Waals surface area contributed by atoms with Crippen LogP contribution in [0, 0.1) is 0 Å². The van der Waals surface area contributed by atoms with E-state index in [2.05, 4.69) is 6.92 Å². The second-order valence-corrected chi connectivity index (χ2v) is 3.24. The molecule has 0 aliphatic rings. The fourth-order valence-corrected chi connectivity index (χ4v) is 1.23. The van der Waals surface area contributed by atoms with Crippen LogP contribution >= 0.6 is 0 Å². The third-order valence-corrected chi connectivity index (χ3v) is 1.98. The molecule has 0 aromatic carbocycles. The van der Waals surface area contributed by atoms with Gasteiger partial charge < -0.3 is 9.90 Å². The number of rotatable bonds is 8. The quantitative estimate of drug-likeness (QED) is 0.376. The van der Waals surface area contributed by atoms with Gasteiger partial charge in [0.2, 0.25) is 0 Å². The van der Waals surface area contributed by atoms with Crippen molar-refractivity contribution < 1.29 is 61.3 Å². The maximum Gasteiger partial charge on any atom is 1.00 e. The van der Waals surface area contributed by atoms with Crippen molar-refractivity contribution in [3.05, 3.63) is 0 Å². The average molecular weight is 210 g/mol. The van der Waals surface area contributed by atoms with Crippen molar-refractivity contribution in [3.8, 4) is 0 Å². The van der Waals surface area contributed by atoms with Gasteiger partial charge in [0.05, 0.1) is 0 Å². The Morgan fingerprint density at radius 1 is 1.00 bits per heavy atom. The fraction of sp³-hybridized carbons (Fsp3) is 0.900. The van der Waals surface area contributed by atoms with Gasteiger partial charge in [-0.2, -0.15) is 0 Å². The van der Waals surface area contributed by atoms with Crippen molar-refractivity contribution in [2.75, 3.05) is 0 Å². The van der Waals surface area contributed by atoms with Gasteiger partial charge in [0.1, 0.15) is 0 Å². The van der Waals surface area contributed by atoms with Crippen LogP contribution in [0.15, 0.2) is 0 Å². The van der Waals surface area contributed by atoms with E-state index in [0.29, 0.717) is 0 Å². The number of unbranched alkanes of at least 4 members (excludes halogenated alkanes) is 6.